The molecule has 0 bridgehead atoms. The zero-order valence-corrected chi connectivity index (χ0v) is 51.9. The van der Waals surface area contributed by atoms with Gasteiger partial charge in [-0.1, -0.05) is 91.0 Å². The van der Waals surface area contributed by atoms with Gasteiger partial charge in [-0.3, -0.25) is 43.5 Å². The molecule has 0 radical (unpaired) electrons. The van der Waals surface area contributed by atoms with E-state index in [-0.39, 0.29) is 35.6 Å². The molecule has 0 amide bonds. The first-order chi connectivity index (χ1) is 40.5. The van der Waals surface area contributed by atoms with E-state index < -0.39 is 52.0 Å². The van der Waals surface area contributed by atoms with Gasteiger partial charge >= 0.3 is 29.8 Å². The first-order valence-electron chi connectivity index (χ1n) is 30.4. The predicted molar refractivity (Wildman–Crippen MR) is 322 cm³/mol. The Bertz CT molecular complexity index is 2370. The molecule has 20 heteroatoms. The van der Waals surface area contributed by atoms with Crippen LogP contribution in [0.4, 0.5) is 0 Å². The zero-order valence-electron chi connectivity index (χ0n) is 51.9. The van der Waals surface area contributed by atoms with Crippen molar-refractivity contribution >= 4 is 35.6 Å². The fourth-order valence-corrected chi connectivity index (χ4v) is 10.6. The number of carbonyl (C=O) groups is 6. The van der Waals surface area contributed by atoms with Gasteiger partial charge in [0, 0.05) is 52.4 Å². The monoisotopic (exact) mass is 1190 g/mol. The van der Waals surface area contributed by atoms with E-state index in [1.165, 1.54) is 16.7 Å². The highest BCUT2D eigenvalue weighted by Crippen LogP contribution is 2.35. The van der Waals surface area contributed by atoms with Crippen LogP contribution < -0.4 is 10.6 Å². The molecule has 8 rings (SSSR count). The third-order valence-corrected chi connectivity index (χ3v) is 16.8. The van der Waals surface area contributed by atoms with E-state index in [0.29, 0.717) is 97.9 Å². The van der Waals surface area contributed by atoms with Crippen LogP contribution in [0.1, 0.15) is 111 Å². The lowest BCUT2D eigenvalue weighted by Gasteiger charge is -2.41. The fourth-order valence-electron chi connectivity index (χ4n) is 10.6. The fraction of sp³-hybridized carbons (Fsp3) is 0.631. The maximum atomic E-state index is 12.0. The number of aliphatic hydroxyl groups is 4. The molecule has 5 saturated heterocycles. The van der Waals surface area contributed by atoms with Gasteiger partial charge in [0.25, 0.3) is 0 Å². The van der Waals surface area contributed by atoms with Crippen molar-refractivity contribution in [3.8, 4) is 0 Å². The zero-order chi connectivity index (χ0) is 62.6. The van der Waals surface area contributed by atoms with Crippen LogP contribution in [0.3, 0.4) is 0 Å². The number of nitrogens with zero attached hydrogens (tertiary/aromatic N) is 3. The van der Waals surface area contributed by atoms with E-state index in [2.05, 4.69) is 49.6 Å². The summed E-state index contributed by atoms with van der Waals surface area (Å²) in [7, 11) is 0. The molecule has 3 aromatic rings. The quantitative estimate of drug-likeness (QED) is 0.0619. The smallest absolute Gasteiger partial charge is 0.316 e. The van der Waals surface area contributed by atoms with Crippen LogP contribution in [0.2, 0.25) is 0 Å². The van der Waals surface area contributed by atoms with Crippen molar-refractivity contribution < 1.29 is 72.9 Å². The number of benzene rings is 3. The van der Waals surface area contributed by atoms with Gasteiger partial charge in [0.1, 0.15) is 5.92 Å². The molecule has 1 unspecified atom stereocenters. The first kappa shape index (κ1) is 71.8. The number of rotatable bonds is 16. The molecule has 474 valence electrons. The number of likely N-dealkylation sites (tertiary alicyclic amines) is 3. The van der Waals surface area contributed by atoms with Crippen LogP contribution in [-0.2, 0) is 72.1 Å². The summed E-state index contributed by atoms with van der Waals surface area (Å²) >= 11 is 0. The number of β-amino-alcohol motifs (C(OH)–C–C–N with tert-alkyl or cyclic N) is 4. The van der Waals surface area contributed by atoms with Crippen molar-refractivity contribution in [2.75, 3.05) is 98.5 Å². The van der Waals surface area contributed by atoms with Crippen molar-refractivity contribution in [3.63, 3.8) is 0 Å². The number of piperidine rings is 5. The van der Waals surface area contributed by atoms with E-state index in [1.54, 1.807) is 62.3 Å². The van der Waals surface area contributed by atoms with Gasteiger partial charge in [-0.15, -0.1) is 0 Å². The van der Waals surface area contributed by atoms with Gasteiger partial charge in [-0.25, -0.2) is 0 Å². The van der Waals surface area contributed by atoms with Crippen LogP contribution in [0, 0.1) is 27.6 Å². The van der Waals surface area contributed by atoms with Gasteiger partial charge in [-0.05, 0) is 137 Å². The van der Waals surface area contributed by atoms with Crippen molar-refractivity contribution in [1.29, 1.82) is 0 Å². The van der Waals surface area contributed by atoms with Gasteiger partial charge in [0.05, 0.1) is 85.7 Å². The normalized spacial score (nSPS) is 27.8. The molecule has 5 aliphatic heterocycles. The number of nitrogens with one attached hydrogen (secondary N) is 2. The second-order valence-corrected chi connectivity index (χ2v) is 23.2. The number of aliphatic hydroxyl groups excluding tert-OH is 4. The first-order valence-corrected chi connectivity index (χ1v) is 30.4. The van der Waals surface area contributed by atoms with E-state index in [4.69, 9.17) is 23.7 Å². The minimum Gasteiger partial charge on any atom is -0.465 e. The molecule has 5 fully saturated rings. The largest absolute Gasteiger partial charge is 0.465 e. The van der Waals surface area contributed by atoms with E-state index in [0.717, 1.165) is 52.4 Å². The Morgan fingerprint density at radius 2 is 0.776 bits per heavy atom. The second kappa shape index (κ2) is 35.8. The highest BCUT2D eigenvalue weighted by atomic mass is 16.6. The summed E-state index contributed by atoms with van der Waals surface area (Å²) in [4.78, 5) is 77.1. The second-order valence-electron chi connectivity index (χ2n) is 23.2. The Labute approximate surface area is 504 Å². The summed E-state index contributed by atoms with van der Waals surface area (Å²) in [6, 6.07) is 30.4. The number of ketones is 1. The Hall–Kier alpha value is -5.68. The Kier molecular flexibility index (Phi) is 30.3. The summed E-state index contributed by atoms with van der Waals surface area (Å²) < 4.78 is 25.0. The highest BCUT2D eigenvalue weighted by molar-refractivity contribution is 6.00. The minimum absolute atomic E-state index is 0.0272. The SMILES string of the molecule is CCOC(=O)C1CCN(Cc2ccccc2)CC1=O.CCOC(=O)[C@]1(C)CCN(Cc2ccccc2)C[C@@H]1O.CCOC(=O)[C@]1(C)CCN(Cc2ccccc2)C[C@H]1O.CCOC(=O)[C@]1(C)CCNC[C@@H]1O.CCOC(=O)[C@]1(C)CCNC[C@H]1O. The third kappa shape index (κ3) is 21.3. The maximum Gasteiger partial charge on any atom is 0.316 e. The Morgan fingerprint density at radius 1 is 0.459 bits per heavy atom. The minimum atomic E-state index is -0.775. The number of hydrogen-bond acceptors (Lipinski definition) is 20. The van der Waals surface area contributed by atoms with Crippen molar-refractivity contribution in [1.82, 2.24) is 25.3 Å². The molecule has 5 heterocycles. The molecule has 20 nitrogen and oxygen atoms in total. The van der Waals surface area contributed by atoms with E-state index >= 15 is 0 Å². The predicted octanol–water partition coefficient (Wildman–Crippen LogP) is 5.11. The molecule has 0 aliphatic carbocycles. The molecular weight excluding hydrogens is 1090 g/mol. The molecule has 0 saturated carbocycles. The summed E-state index contributed by atoms with van der Waals surface area (Å²) in [6.45, 7) is 26.3. The molecule has 5 aliphatic rings. The molecule has 6 N–H and O–H groups in total. The van der Waals surface area contributed by atoms with Gasteiger partial charge in [0.2, 0.25) is 0 Å². The number of esters is 5. The number of carbonyl (C=O) groups excluding carboxylic acids is 6. The average Bonchev–Trinajstić information content (AvgIpc) is 3.63. The van der Waals surface area contributed by atoms with Crippen molar-refractivity contribution in [3.05, 3.63) is 108 Å². The van der Waals surface area contributed by atoms with Crippen LogP contribution in [0.15, 0.2) is 91.0 Å². The van der Waals surface area contributed by atoms with Crippen LogP contribution >= 0.6 is 0 Å². The van der Waals surface area contributed by atoms with Crippen LogP contribution in [0.5, 0.6) is 0 Å². The summed E-state index contributed by atoms with van der Waals surface area (Å²) in [5.74, 6) is -2.11. The molecule has 0 aromatic heterocycles. The Balaban J connectivity index is 0.000000231. The molecule has 9 atom stereocenters. The standard InChI is InChI=1S/2C16H23NO3.C15H19NO3.2C9H17NO3/c2*1-3-20-15(19)16(2)9-10-17(12-14(16)18)11-13-7-5-4-6-8-13;1-2-19-15(18)13-8-9-16(11-14(13)17)10-12-6-4-3-5-7-12;2*1-3-13-8(12)9(2)4-5-10-6-7(9)11/h2*4-8,14,18H,3,9-12H2,1-2H3;3-7,13H,2,8-11H2,1H3;2*7,10-11H,3-6H2,1-2H3/t14-,16+;14-,16-;;7-,9+;7-,9-/m01.01/s1. The number of ether oxygens (including phenoxy) is 5. The van der Waals surface area contributed by atoms with Crippen molar-refractivity contribution in [2.45, 2.75) is 138 Å². The summed E-state index contributed by atoms with van der Waals surface area (Å²) in [5, 5.41) is 46.0. The maximum absolute atomic E-state index is 12.0. The molecule has 0 spiro atoms. The van der Waals surface area contributed by atoms with E-state index in [1.807, 2.05) is 66.7 Å². The summed E-state index contributed by atoms with van der Waals surface area (Å²) in [6.07, 6.45) is 0.433. The third-order valence-electron chi connectivity index (χ3n) is 16.8. The van der Waals surface area contributed by atoms with Gasteiger partial charge < -0.3 is 54.7 Å². The molecule has 3 aromatic carbocycles. The summed E-state index contributed by atoms with van der Waals surface area (Å²) in [5.41, 5.74) is 0.637. The molecular formula is C65H99N5O15. The van der Waals surface area contributed by atoms with E-state index in [9.17, 15) is 49.2 Å². The number of Topliss-reactive ketones (excluding diaryl/α,β-unsaturated/α-hetero) is 1. The lowest BCUT2D eigenvalue weighted by atomic mass is 9.78. The Morgan fingerprint density at radius 3 is 1.07 bits per heavy atom. The lowest BCUT2D eigenvalue weighted by Crippen LogP contribution is -2.53. The van der Waals surface area contributed by atoms with Gasteiger partial charge in [0.15, 0.2) is 5.78 Å². The lowest BCUT2D eigenvalue weighted by molar-refractivity contribution is -0.168. The average molecular weight is 1190 g/mol. The van der Waals surface area contributed by atoms with Crippen molar-refractivity contribution in [2.24, 2.45) is 27.6 Å². The molecule has 85 heavy (non-hydrogen) atoms. The van der Waals surface area contributed by atoms with Crippen LogP contribution in [-0.4, -0.2) is 194 Å². The van der Waals surface area contributed by atoms with Crippen LogP contribution in [0.25, 0.3) is 0 Å². The highest BCUT2D eigenvalue weighted by Gasteiger charge is 2.48. The van der Waals surface area contributed by atoms with Gasteiger partial charge in [-0.2, -0.15) is 0 Å². The number of hydrogen-bond donors (Lipinski definition) is 6. The topological polar surface area (TPSA) is 263 Å².